The second-order valence-corrected chi connectivity index (χ2v) is 3.01. The number of fused-ring (bicyclic) bond motifs is 1. The van der Waals surface area contributed by atoms with Crippen LogP contribution < -0.4 is 0 Å². The summed E-state index contributed by atoms with van der Waals surface area (Å²) in [7, 11) is 0. The Morgan fingerprint density at radius 1 is 1.42 bits per heavy atom. The molecule has 1 aliphatic carbocycles. The van der Waals surface area contributed by atoms with Crippen LogP contribution in [0.5, 0.6) is 0 Å². The highest BCUT2D eigenvalue weighted by molar-refractivity contribution is 5.74. The van der Waals surface area contributed by atoms with E-state index in [0.29, 0.717) is 6.42 Å². The Kier molecular flexibility index (Phi) is 1.61. The predicted molar refractivity (Wildman–Crippen MR) is 44.7 cm³/mol. The van der Waals surface area contributed by atoms with Crippen molar-refractivity contribution in [3.63, 3.8) is 0 Å². The van der Waals surface area contributed by atoms with Gasteiger partial charge in [-0.15, -0.1) is 0 Å². The van der Waals surface area contributed by atoms with Crippen LogP contribution in [-0.2, 0) is 11.2 Å². The molecule has 61 valence electrons. The van der Waals surface area contributed by atoms with Gasteiger partial charge in [0, 0.05) is 6.42 Å². The van der Waals surface area contributed by atoms with Crippen LogP contribution >= 0.6 is 0 Å². The van der Waals surface area contributed by atoms with E-state index in [1.807, 2.05) is 30.7 Å². The Morgan fingerprint density at radius 2 is 2.17 bits per heavy atom. The SMILES string of the molecule is O=C(O)[C@H]1[CH]c2ccccc2C1. The topological polar surface area (TPSA) is 37.3 Å². The summed E-state index contributed by atoms with van der Waals surface area (Å²) < 4.78 is 0. The lowest BCUT2D eigenvalue weighted by Gasteiger charge is -1.98. The number of rotatable bonds is 1. The van der Waals surface area contributed by atoms with E-state index in [1.165, 1.54) is 0 Å². The summed E-state index contributed by atoms with van der Waals surface area (Å²) in [5.74, 6) is -1.05. The fraction of sp³-hybridized carbons (Fsp3) is 0.200. The predicted octanol–water partition coefficient (Wildman–Crippen LogP) is 1.50. The summed E-state index contributed by atoms with van der Waals surface area (Å²) in [6, 6.07) is 7.81. The molecule has 0 fully saturated rings. The molecule has 0 saturated carbocycles. The van der Waals surface area contributed by atoms with Crippen molar-refractivity contribution in [2.75, 3.05) is 0 Å². The number of carboxylic acid groups (broad SMARTS) is 1. The highest BCUT2D eigenvalue weighted by Gasteiger charge is 2.26. The Bertz CT molecular complexity index is 292. The highest BCUT2D eigenvalue weighted by atomic mass is 16.4. The molecule has 0 bridgehead atoms. The number of carboxylic acids is 1. The Balaban J connectivity index is 2.27. The lowest BCUT2D eigenvalue weighted by Crippen LogP contribution is -2.11. The van der Waals surface area contributed by atoms with Gasteiger partial charge in [0.2, 0.25) is 0 Å². The first kappa shape index (κ1) is 7.35. The molecule has 1 aromatic carbocycles. The van der Waals surface area contributed by atoms with E-state index in [9.17, 15) is 4.79 Å². The summed E-state index contributed by atoms with van der Waals surface area (Å²) in [5.41, 5.74) is 2.22. The minimum atomic E-state index is -0.730. The van der Waals surface area contributed by atoms with Crippen LogP contribution in [0.2, 0.25) is 0 Å². The third kappa shape index (κ3) is 1.09. The van der Waals surface area contributed by atoms with Crippen molar-refractivity contribution in [1.29, 1.82) is 0 Å². The zero-order chi connectivity index (χ0) is 8.55. The van der Waals surface area contributed by atoms with Crippen LogP contribution in [0.15, 0.2) is 24.3 Å². The molecule has 0 spiro atoms. The van der Waals surface area contributed by atoms with Gasteiger partial charge in [0.15, 0.2) is 0 Å². The second kappa shape index (κ2) is 2.63. The summed E-state index contributed by atoms with van der Waals surface area (Å²) in [5, 5.41) is 8.75. The fourth-order valence-electron chi connectivity index (χ4n) is 1.55. The van der Waals surface area contributed by atoms with E-state index >= 15 is 0 Å². The van der Waals surface area contributed by atoms with E-state index in [0.717, 1.165) is 11.1 Å². The van der Waals surface area contributed by atoms with Gasteiger partial charge >= 0.3 is 5.97 Å². The smallest absolute Gasteiger partial charge is 0.307 e. The lowest BCUT2D eigenvalue weighted by molar-refractivity contribution is -0.140. The van der Waals surface area contributed by atoms with Crippen molar-refractivity contribution >= 4 is 5.97 Å². The Labute approximate surface area is 70.8 Å². The molecule has 2 heteroatoms. The van der Waals surface area contributed by atoms with Gasteiger partial charge in [0.25, 0.3) is 0 Å². The third-order valence-corrected chi connectivity index (χ3v) is 2.19. The lowest BCUT2D eigenvalue weighted by atomic mass is 10.1. The van der Waals surface area contributed by atoms with Gasteiger partial charge in [-0.25, -0.2) is 0 Å². The van der Waals surface area contributed by atoms with E-state index in [2.05, 4.69) is 0 Å². The molecule has 0 unspecified atom stereocenters. The molecule has 1 aromatic rings. The van der Waals surface area contributed by atoms with E-state index in [4.69, 9.17) is 5.11 Å². The maximum Gasteiger partial charge on any atom is 0.307 e. The van der Waals surface area contributed by atoms with Gasteiger partial charge in [-0.3, -0.25) is 4.79 Å². The quantitative estimate of drug-likeness (QED) is 0.677. The van der Waals surface area contributed by atoms with Crippen LogP contribution in [0.25, 0.3) is 0 Å². The second-order valence-electron chi connectivity index (χ2n) is 3.01. The third-order valence-electron chi connectivity index (χ3n) is 2.19. The summed E-state index contributed by atoms with van der Waals surface area (Å²) >= 11 is 0. The van der Waals surface area contributed by atoms with Crippen LogP contribution in [-0.4, -0.2) is 11.1 Å². The molecule has 0 heterocycles. The van der Waals surface area contributed by atoms with Crippen molar-refractivity contribution in [3.05, 3.63) is 41.8 Å². The van der Waals surface area contributed by atoms with E-state index in [1.54, 1.807) is 0 Å². The molecular formula is C10H9O2. The van der Waals surface area contributed by atoms with Gasteiger partial charge in [-0.1, -0.05) is 24.3 Å². The van der Waals surface area contributed by atoms with Gasteiger partial charge in [-0.05, 0) is 17.5 Å². The maximum atomic E-state index is 10.6. The Morgan fingerprint density at radius 3 is 2.83 bits per heavy atom. The van der Waals surface area contributed by atoms with Gasteiger partial charge in [-0.2, -0.15) is 0 Å². The molecule has 1 atom stereocenters. The zero-order valence-electron chi connectivity index (χ0n) is 6.53. The van der Waals surface area contributed by atoms with Crippen molar-refractivity contribution in [2.24, 2.45) is 5.92 Å². The summed E-state index contributed by atoms with van der Waals surface area (Å²) in [6.45, 7) is 0. The monoisotopic (exact) mass is 161 g/mol. The minimum absolute atomic E-state index is 0.317. The Hall–Kier alpha value is -1.31. The molecule has 2 rings (SSSR count). The van der Waals surface area contributed by atoms with Crippen molar-refractivity contribution in [1.82, 2.24) is 0 Å². The van der Waals surface area contributed by atoms with Gasteiger partial charge in [0.1, 0.15) is 0 Å². The molecular weight excluding hydrogens is 152 g/mol. The van der Waals surface area contributed by atoms with E-state index in [-0.39, 0.29) is 5.92 Å². The molecule has 1 radical (unpaired) electrons. The molecule has 1 N–H and O–H groups in total. The first-order valence-corrected chi connectivity index (χ1v) is 3.93. The highest BCUT2D eigenvalue weighted by Crippen LogP contribution is 2.28. The molecule has 0 aliphatic heterocycles. The summed E-state index contributed by atoms with van der Waals surface area (Å²) in [6.07, 6.45) is 2.46. The van der Waals surface area contributed by atoms with Crippen molar-refractivity contribution in [3.8, 4) is 0 Å². The number of carbonyl (C=O) groups is 1. The average Bonchev–Trinajstić information content (AvgIpc) is 2.46. The average molecular weight is 161 g/mol. The van der Waals surface area contributed by atoms with Crippen LogP contribution in [0.1, 0.15) is 11.1 Å². The van der Waals surface area contributed by atoms with Gasteiger partial charge in [0.05, 0.1) is 5.92 Å². The van der Waals surface area contributed by atoms with Crippen molar-refractivity contribution in [2.45, 2.75) is 6.42 Å². The molecule has 12 heavy (non-hydrogen) atoms. The zero-order valence-corrected chi connectivity index (χ0v) is 6.53. The maximum absolute atomic E-state index is 10.6. The molecule has 1 aliphatic rings. The normalized spacial score (nSPS) is 16.0. The van der Waals surface area contributed by atoms with Crippen LogP contribution in [0.3, 0.4) is 0 Å². The first-order chi connectivity index (χ1) is 5.77. The summed E-state index contributed by atoms with van der Waals surface area (Å²) in [4.78, 5) is 10.6. The minimum Gasteiger partial charge on any atom is -0.481 e. The van der Waals surface area contributed by atoms with E-state index < -0.39 is 5.97 Å². The standard InChI is InChI=1S/C10H9O2/c11-10(12)9-5-7-3-1-2-4-8(7)6-9/h1-5,9H,6H2,(H,11,12)/t9-/m0/s1. The first-order valence-electron chi connectivity index (χ1n) is 3.93. The van der Waals surface area contributed by atoms with Gasteiger partial charge < -0.3 is 5.11 Å². The molecule has 0 aromatic heterocycles. The fourth-order valence-corrected chi connectivity index (χ4v) is 1.55. The van der Waals surface area contributed by atoms with Crippen LogP contribution in [0.4, 0.5) is 0 Å². The number of hydrogen-bond donors (Lipinski definition) is 1. The number of hydrogen-bond acceptors (Lipinski definition) is 1. The molecule has 0 saturated heterocycles. The largest absolute Gasteiger partial charge is 0.481 e. The number of benzene rings is 1. The van der Waals surface area contributed by atoms with Crippen LogP contribution in [0, 0.1) is 12.3 Å². The molecule has 0 amide bonds. The molecule has 2 nitrogen and oxygen atoms in total. The van der Waals surface area contributed by atoms with Crippen molar-refractivity contribution < 1.29 is 9.90 Å². The number of aliphatic carboxylic acids is 1.